The predicted molar refractivity (Wildman–Crippen MR) is 185 cm³/mol. The number of rotatable bonds is 12. The van der Waals surface area contributed by atoms with Crippen molar-refractivity contribution in [2.24, 2.45) is 0 Å². The Balaban J connectivity index is 1.17. The van der Waals surface area contributed by atoms with Crippen molar-refractivity contribution in [2.75, 3.05) is 4.72 Å². The summed E-state index contributed by atoms with van der Waals surface area (Å²) in [6, 6.07) is 32.8. The molecule has 1 atom stereocenters. The van der Waals surface area contributed by atoms with Crippen LogP contribution in [0, 0.1) is 0 Å². The van der Waals surface area contributed by atoms with Crippen molar-refractivity contribution in [2.45, 2.75) is 17.4 Å². The van der Waals surface area contributed by atoms with Gasteiger partial charge in [0.2, 0.25) is 0 Å². The van der Waals surface area contributed by atoms with Crippen molar-refractivity contribution in [3.63, 3.8) is 0 Å². The number of para-hydroxylation sites is 2. The molecule has 0 aliphatic carbocycles. The van der Waals surface area contributed by atoms with E-state index in [1.54, 1.807) is 24.3 Å². The lowest BCUT2D eigenvalue weighted by Gasteiger charge is -2.18. The van der Waals surface area contributed by atoms with Gasteiger partial charge < -0.3 is 19.6 Å². The number of oxazole rings is 1. The molecule has 0 saturated heterocycles. The summed E-state index contributed by atoms with van der Waals surface area (Å²) in [6.45, 7) is 0. The van der Waals surface area contributed by atoms with Crippen LogP contribution < -0.4 is 14.8 Å². The van der Waals surface area contributed by atoms with E-state index in [-0.39, 0.29) is 27.6 Å². The average molecular weight is 694 g/mol. The van der Waals surface area contributed by atoms with Gasteiger partial charge in [0.15, 0.2) is 12.2 Å². The van der Waals surface area contributed by atoms with E-state index in [0.29, 0.717) is 28.4 Å². The van der Waals surface area contributed by atoms with Gasteiger partial charge in [-0.2, -0.15) is 0 Å². The maximum atomic E-state index is 13.4. The molecule has 0 aliphatic rings. The van der Waals surface area contributed by atoms with E-state index in [1.807, 2.05) is 66.7 Å². The van der Waals surface area contributed by atoms with Gasteiger partial charge in [0, 0.05) is 22.6 Å². The molecule has 1 amide bonds. The number of carbonyl (C=O) groups is 2. The fourth-order valence-electron chi connectivity index (χ4n) is 5.06. The van der Waals surface area contributed by atoms with Gasteiger partial charge in [0.1, 0.15) is 17.5 Å². The number of ether oxygens (including phenoxy) is 1. The molecule has 246 valence electrons. The standard InChI is InChI=1S/C37H28ClN3O7S/c38-27-16-19-32(41-49(45,46)29-17-14-26(15-18-29)35-22-39-23-47-35)31(21-27)36(42)40-33(37(43)44)20-24-10-12-25(13-11-24)30-8-4-5-9-34(30)48-28-6-2-1-3-7-28/h1-19,21-23,33,41H,20H2,(H,40,42)(H,43,44). The number of hydrogen-bond acceptors (Lipinski definition) is 7. The number of aliphatic carboxylic acids is 1. The summed E-state index contributed by atoms with van der Waals surface area (Å²) in [6.07, 6.45) is 2.73. The Morgan fingerprint density at radius 2 is 1.55 bits per heavy atom. The van der Waals surface area contributed by atoms with Crippen molar-refractivity contribution in [3.05, 3.63) is 150 Å². The number of benzene rings is 5. The predicted octanol–water partition coefficient (Wildman–Crippen LogP) is 7.68. The molecule has 1 aromatic heterocycles. The molecule has 5 aromatic carbocycles. The van der Waals surface area contributed by atoms with Gasteiger partial charge in [-0.15, -0.1) is 0 Å². The minimum absolute atomic E-state index is 0.0390. The first-order valence-corrected chi connectivity index (χ1v) is 16.8. The number of halogens is 1. The van der Waals surface area contributed by atoms with Crippen LogP contribution in [0.25, 0.3) is 22.5 Å². The Hall–Kier alpha value is -5.91. The zero-order valence-electron chi connectivity index (χ0n) is 25.6. The van der Waals surface area contributed by atoms with Crippen LogP contribution in [-0.2, 0) is 21.2 Å². The van der Waals surface area contributed by atoms with Crippen LogP contribution in [0.15, 0.2) is 143 Å². The number of aromatic nitrogens is 1. The molecule has 12 heteroatoms. The van der Waals surface area contributed by atoms with Crippen molar-refractivity contribution in [1.29, 1.82) is 0 Å². The highest BCUT2D eigenvalue weighted by Crippen LogP contribution is 2.33. The van der Waals surface area contributed by atoms with E-state index in [2.05, 4.69) is 15.0 Å². The Bertz CT molecular complexity index is 2190. The van der Waals surface area contributed by atoms with Crippen LogP contribution in [-0.4, -0.2) is 36.4 Å². The van der Waals surface area contributed by atoms with Crippen LogP contribution in [0.5, 0.6) is 11.5 Å². The lowest BCUT2D eigenvalue weighted by atomic mass is 9.99. The summed E-state index contributed by atoms with van der Waals surface area (Å²) < 4.78 is 40.3. The molecule has 10 nitrogen and oxygen atoms in total. The molecule has 6 rings (SSSR count). The second kappa shape index (κ2) is 14.5. The highest BCUT2D eigenvalue weighted by Gasteiger charge is 2.25. The van der Waals surface area contributed by atoms with Crippen LogP contribution in [0.2, 0.25) is 5.02 Å². The highest BCUT2D eigenvalue weighted by molar-refractivity contribution is 7.92. The summed E-state index contributed by atoms with van der Waals surface area (Å²) in [5.41, 5.74) is 2.76. The molecule has 6 aromatic rings. The van der Waals surface area contributed by atoms with Gasteiger partial charge in [-0.3, -0.25) is 9.52 Å². The minimum atomic E-state index is -4.15. The summed E-state index contributed by atoms with van der Waals surface area (Å²) >= 11 is 6.17. The molecule has 3 N–H and O–H groups in total. The summed E-state index contributed by atoms with van der Waals surface area (Å²) in [4.78, 5) is 29.5. The third-order valence-corrected chi connectivity index (χ3v) is 9.13. The van der Waals surface area contributed by atoms with Crippen molar-refractivity contribution >= 4 is 39.2 Å². The third-order valence-electron chi connectivity index (χ3n) is 7.52. The van der Waals surface area contributed by atoms with Gasteiger partial charge in [-0.05, 0) is 71.8 Å². The van der Waals surface area contributed by atoms with Gasteiger partial charge in [0.25, 0.3) is 15.9 Å². The summed E-state index contributed by atoms with van der Waals surface area (Å²) in [5.74, 6) is -0.267. The maximum Gasteiger partial charge on any atom is 0.326 e. The second-order valence-electron chi connectivity index (χ2n) is 10.9. The molecular formula is C37H28ClN3O7S. The smallest absolute Gasteiger partial charge is 0.326 e. The highest BCUT2D eigenvalue weighted by atomic mass is 35.5. The lowest BCUT2D eigenvalue weighted by Crippen LogP contribution is -2.42. The zero-order valence-corrected chi connectivity index (χ0v) is 27.2. The van der Waals surface area contributed by atoms with Gasteiger partial charge in [-0.25, -0.2) is 18.2 Å². The van der Waals surface area contributed by atoms with E-state index in [4.69, 9.17) is 20.8 Å². The van der Waals surface area contributed by atoms with Crippen molar-refractivity contribution < 1.29 is 32.3 Å². The number of nitrogens with one attached hydrogen (secondary N) is 2. The third kappa shape index (κ3) is 7.98. The average Bonchev–Trinajstić information content (AvgIpc) is 3.65. The van der Waals surface area contributed by atoms with Crippen LogP contribution in [0.3, 0.4) is 0 Å². The van der Waals surface area contributed by atoms with E-state index >= 15 is 0 Å². The molecular weight excluding hydrogens is 666 g/mol. The molecule has 49 heavy (non-hydrogen) atoms. The number of anilines is 1. The molecule has 0 bridgehead atoms. The maximum absolute atomic E-state index is 13.4. The number of carbonyl (C=O) groups excluding carboxylic acids is 1. The molecule has 0 radical (unpaired) electrons. The largest absolute Gasteiger partial charge is 0.480 e. The summed E-state index contributed by atoms with van der Waals surface area (Å²) in [7, 11) is -4.15. The molecule has 1 heterocycles. The number of amides is 1. The number of hydrogen-bond donors (Lipinski definition) is 3. The van der Waals surface area contributed by atoms with E-state index in [9.17, 15) is 23.1 Å². The quantitative estimate of drug-likeness (QED) is 0.118. The fraction of sp³-hybridized carbons (Fsp3) is 0.0541. The lowest BCUT2D eigenvalue weighted by molar-refractivity contribution is -0.139. The number of sulfonamides is 1. The molecule has 0 spiro atoms. The number of nitrogens with zero attached hydrogens (tertiary/aromatic N) is 1. The molecule has 0 fully saturated rings. The SMILES string of the molecule is O=C(NC(Cc1ccc(-c2ccccc2Oc2ccccc2)cc1)C(=O)O)c1cc(Cl)ccc1NS(=O)(=O)c1ccc(-c2cnco2)cc1. The molecule has 1 unspecified atom stereocenters. The van der Waals surface area contributed by atoms with Gasteiger partial charge >= 0.3 is 5.97 Å². The second-order valence-corrected chi connectivity index (χ2v) is 13.0. The van der Waals surface area contributed by atoms with Gasteiger partial charge in [-0.1, -0.05) is 72.3 Å². The van der Waals surface area contributed by atoms with E-state index in [0.717, 1.165) is 11.1 Å². The zero-order chi connectivity index (χ0) is 34.4. The fourth-order valence-corrected chi connectivity index (χ4v) is 6.31. The first-order valence-electron chi connectivity index (χ1n) is 14.9. The first-order chi connectivity index (χ1) is 23.7. The van der Waals surface area contributed by atoms with Crippen LogP contribution in [0.4, 0.5) is 5.69 Å². The van der Waals surface area contributed by atoms with E-state index in [1.165, 1.54) is 42.9 Å². The normalized spacial score (nSPS) is 11.8. The Kier molecular flexibility index (Phi) is 9.74. The monoisotopic (exact) mass is 693 g/mol. The van der Waals surface area contributed by atoms with Crippen molar-refractivity contribution in [1.82, 2.24) is 10.3 Å². The Morgan fingerprint density at radius 1 is 0.857 bits per heavy atom. The molecule has 0 aliphatic heterocycles. The van der Waals surface area contributed by atoms with Crippen LogP contribution >= 0.6 is 11.6 Å². The minimum Gasteiger partial charge on any atom is -0.480 e. The Labute approximate surface area is 287 Å². The van der Waals surface area contributed by atoms with Gasteiger partial charge in [0.05, 0.1) is 22.3 Å². The Morgan fingerprint density at radius 3 is 2.24 bits per heavy atom. The van der Waals surface area contributed by atoms with Crippen LogP contribution in [0.1, 0.15) is 15.9 Å². The first kappa shape index (κ1) is 33.0. The van der Waals surface area contributed by atoms with Crippen molar-refractivity contribution in [3.8, 4) is 33.9 Å². The molecule has 0 saturated carbocycles. The number of carboxylic acid groups (broad SMARTS) is 1. The topological polar surface area (TPSA) is 148 Å². The summed E-state index contributed by atoms with van der Waals surface area (Å²) in [5, 5.41) is 12.7. The van der Waals surface area contributed by atoms with E-state index < -0.39 is 27.9 Å². The number of carboxylic acids is 1.